The number of hydrogen-bond acceptors (Lipinski definition) is 4. The van der Waals surface area contributed by atoms with Crippen molar-refractivity contribution >= 4 is 23.5 Å². The van der Waals surface area contributed by atoms with E-state index in [1.165, 1.54) is 6.07 Å². The second-order valence-electron chi connectivity index (χ2n) is 6.75. The topological polar surface area (TPSA) is 113 Å². The molecule has 0 saturated carbocycles. The number of carboxylic acid groups (broad SMARTS) is 2. The highest BCUT2D eigenvalue weighted by atomic mass is 16.5. The Kier molecular flexibility index (Phi) is 5.83. The van der Waals surface area contributed by atoms with Crippen molar-refractivity contribution in [2.24, 2.45) is 0 Å². The van der Waals surface area contributed by atoms with Gasteiger partial charge in [0, 0.05) is 5.56 Å². The Balaban J connectivity index is 1.89. The number of ether oxygens (including phenoxy) is 1. The van der Waals surface area contributed by atoms with Gasteiger partial charge >= 0.3 is 11.9 Å². The zero-order chi connectivity index (χ0) is 21.8. The van der Waals surface area contributed by atoms with E-state index in [-0.39, 0.29) is 23.0 Å². The van der Waals surface area contributed by atoms with Crippen LogP contribution in [0.15, 0.2) is 60.7 Å². The molecule has 0 aliphatic heterocycles. The zero-order valence-electron chi connectivity index (χ0n) is 16.3. The minimum absolute atomic E-state index is 0.130. The standard InChI is InChI=1S/C23H19NO6/c1-13-9-14(2)11-15(10-13)21(25)24-19-5-3-4-6-20(19)30-16-7-8-17(22(26)27)18(12-16)23(28)29/h3-12H,1-2H3,(H,24,25)(H,26,27)(H,28,29). The summed E-state index contributed by atoms with van der Waals surface area (Å²) in [5.41, 5.74) is 2.08. The highest BCUT2D eigenvalue weighted by Crippen LogP contribution is 2.31. The van der Waals surface area contributed by atoms with Crippen molar-refractivity contribution in [1.82, 2.24) is 0 Å². The Bertz CT molecular complexity index is 1130. The van der Waals surface area contributed by atoms with Crippen LogP contribution in [-0.2, 0) is 0 Å². The number of hydrogen-bond donors (Lipinski definition) is 3. The van der Waals surface area contributed by atoms with Crippen molar-refractivity contribution in [1.29, 1.82) is 0 Å². The summed E-state index contributed by atoms with van der Waals surface area (Å²) < 4.78 is 5.75. The van der Waals surface area contributed by atoms with Crippen LogP contribution >= 0.6 is 0 Å². The van der Waals surface area contributed by atoms with E-state index in [9.17, 15) is 19.5 Å². The third-order valence-corrected chi connectivity index (χ3v) is 4.30. The van der Waals surface area contributed by atoms with E-state index in [4.69, 9.17) is 9.84 Å². The van der Waals surface area contributed by atoms with Gasteiger partial charge in [0.2, 0.25) is 0 Å². The summed E-state index contributed by atoms with van der Waals surface area (Å²) in [6.45, 7) is 3.81. The third-order valence-electron chi connectivity index (χ3n) is 4.30. The van der Waals surface area contributed by atoms with E-state index < -0.39 is 17.5 Å². The van der Waals surface area contributed by atoms with Crippen molar-refractivity contribution in [2.75, 3.05) is 5.32 Å². The van der Waals surface area contributed by atoms with Crippen LogP contribution < -0.4 is 10.1 Å². The number of benzene rings is 3. The first-order chi connectivity index (χ1) is 14.2. The number of nitrogens with one attached hydrogen (secondary N) is 1. The average Bonchev–Trinajstić information content (AvgIpc) is 2.68. The molecule has 0 bridgehead atoms. The molecule has 7 heteroatoms. The molecule has 0 aliphatic carbocycles. The molecule has 0 unspecified atom stereocenters. The summed E-state index contributed by atoms with van der Waals surface area (Å²) in [7, 11) is 0. The second-order valence-corrected chi connectivity index (χ2v) is 6.75. The lowest BCUT2D eigenvalue weighted by atomic mass is 10.1. The smallest absolute Gasteiger partial charge is 0.336 e. The van der Waals surface area contributed by atoms with Crippen LogP contribution in [0.25, 0.3) is 0 Å². The Labute approximate surface area is 172 Å². The fourth-order valence-electron chi connectivity index (χ4n) is 3.04. The number of para-hydroxylation sites is 2. The predicted molar refractivity (Wildman–Crippen MR) is 111 cm³/mol. The van der Waals surface area contributed by atoms with Gasteiger partial charge in [0.1, 0.15) is 5.75 Å². The highest BCUT2D eigenvalue weighted by Gasteiger charge is 2.18. The highest BCUT2D eigenvalue weighted by molar-refractivity contribution is 6.05. The zero-order valence-corrected chi connectivity index (χ0v) is 16.3. The molecule has 3 rings (SSSR count). The van der Waals surface area contributed by atoms with E-state index in [0.29, 0.717) is 11.3 Å². The molecule has 0 aromatic heterocycles. The summed E-state index contributed by atoms with van der Waals surface area (Å²) in [5, 5.41) is 21.2. The van der Waals surface area contributed by atoms with Gasteiger partial charge < -0.3 is 20.3 Å². The van der Waals surface area contributed by atoms with Gasteiger partial charge in [-0.3, -0.25) is 4.79 Å². The second kappa shape index (κ2) is 8.48. The number of anilines is 1. The summed E-state index contributed by atoms with van der Waals surface area (Å²) in [6.07, 6.45) is 0. The number of carboxylic acids is 2. The SMILES string of the molecule is Cc1cc(C)cc(C(=O)Nc2ccccc2Oc2ccc(C(=O)O)c(C(=O)O)c2)c1. The fourth-order valence-corrected chi connectivity index (χ4v) is 3.04. The lowest BCUT2D eigenvalue weighted by molar-refractivity contribution is 0.0651. The lowest BCUT2D eigenvalue weighted by Gasteiger charge is -2.13. The number of aryl methyl sites for hydroxylation is 2. The molecule has 1 amide bonds. The number of amides is 1. The van der Waals surface area contributed by atoms with E-state index in [2.05, 4.69) is 5.32 Å². The molecule has 7 nitrogen and oxygen atoms in total. The maximum absolute atomic E-state index is 12.7. The van der Waals surface area contributed by atoms with Gasteiger partial charge in [-0.05, 0) is 56.3 Å². The molecule has 0 fully saturated rings. The number of carbonyl (C=O) groups is 3. The van der Waals surface area contributed by atoms with Crippen LogP contribution in [0.4, 0.5) is 5.69 Å². The first-order valence-electron chi connectivity index (χ1n) is 9.02. The molecule has 3 aromatic rings. The number of rotatable bonds is 6. The summed E-state index contributed by atoms with van der Waals surface area (Å²) in [4.78, 5) is 35.3. The van der Waals surface area contributed by atoms with Gasteiger partial charge in [-0.2, -0.15) is 0 Å². The maximum Gasteiger partial charge on any atom is 0.336 e. The Morgan fingerprint density at radius 1 is 0.800 bits per heavy atom. The van der Waals surface area contributed by atoms with Crippen molar-refractivity contribution in [3.05, 3.63) is 88.5 Å². The molecule has 0 radical (unpaired) electrons. The van der Waals surface area contributed by atoms with E-state index in [1.54, 1.807) is 36.4 Å². The molecule has 0 atom stereocenters. The van der Waals surface area contributed by atoms with Crippen LogP contribution in [0.1, 0.15) is 42.2 Å². The molecular weight excluding hydrogens is 386 g/mol. The summed E-state index contributed by atoms with van der Waals surface area (Å²) >= 11 is 0. The van der Waals surface area contributed by atoms with Gasteiger partial charge in [-0.1, -0.05) is 29.3 Å². The van der Waals surface area contributed by atoms with Crippen molar-refractivity contribution in [3.8, 4) is 11.5 Å². The van der Waals surface area contributed by atoms with Crippen LogP contribution in [0, 0.1) is 13.8 Å². The molecule has 152 valence electrons. The van der Waals surface area contributed by atoms with Crippen LogP contribution in [0.3, 0.4) is 0 Å². The summed E-state index contributed by atoms with van der Waals surface area (Å²) in [6, 6.07) is 15.9. The molecule has 3 aromatic carbocycles. The first-order valence-corrected chi connectivity index (χ1v) is 9.02. The summed E-state index contributed by atoms with van der Waals surface area (Å²) in [5.74, 6) is -2.63. The number of aromatic carboxylic acids is 2. The first kappa shape index (κ1) is 20.6. The molecule has 0 saturated heterocycles. The van der Waals surface area contributed by atoms with E-state index >= 15 is 0 Å². The largest absolute Gasteiger partial charge is 0.478 e. The Morgan fingerprint density at radius 3 is 2.07 bits per heavy atom. The predicted octanol–water partition coefficient (Wildman–Crippen LogP) is 4.74. The van der Waals surface area contributed by atoms with E-state index in [1.807, 2.05) is 19.9 Å². The molecule has 0 aliphatic rings. The van der Waals surface area contributed by atoms with Crippen LogP contribution in [0.5, 0.6) is 11.5 Å². The average molecular weight is 405 g/mol. The van der Waals surface area contributed by atoms with Gasteiger partial charge in [-0.25, -0.2) is 9.59 Å². The normalized spacial score (nSPS) is 10.3. The van der Waals surface area contributed by atoms with Gasteiger partial charge in [0.25, 0.3) is 5.91 Å². The molecule has 30 heavy (non-hydrogen) atoms. The van der Waals surface area contributed by atoms with E-state index in [0.717, 1.165) is 23.3 Å². The van der Waals surface area contributed by atoms with Crippen molar-refractivity contribution < 1.29 is 29.3 Å². The number of carbonyl (C=O) groups excluding carboxylic acids is 1. The van der Waals surface area contributed by atoms with Crippen molar-refractivity contribution in [2.45, 2.75) is 13.8 Å². The maximum atomic E-state index is 12.7. The molecule has 3 N–H and O–H groups in total. The quantitative estimate of drug-likeness (QED) is 0.546. The fraction of sp³-hybridized carbons (Fsp3) is 0.0870. The molecular formula is C23H19NO6. The third kappa shape index (κ3) is 4.64. The minimum atomic E-state index is -1.38. The Morgan fingerprint density at radius 2 is 1.43 bits per heavy atom. The van der Waals surface area contributed by atoms with Crippen LogP contribution in [0.2, 0.25) is 0 Å². The van der Waals surface area contributed by atoms with Crippen molar-refractivity contribution in [3.63, 3.8) is 0 Å². The van der Waals surface area contributed by atoms with Gasteiger partial charge in [0.05, 0.1) is 16.8 Å². The Hall–Kier alpha value is -4.13. The van der Waals surface area contributed by atoms with Gasteiger partial charge in [-0.15, -0.1) is 0 Å². The lowest BCUT2D eigenvalue weighted by Crippen LogP contribution is -2.13. The molecule has 0 heterocycles. The van der Waals surface area contributed by atoms with Gasteiger partial charge in [0.15, 0.2) is 5.75 Å². The van der Waals surface area contributed by atoms with Crippen LogP contribution in [-0.4, -0.2) is 28.1 Å². The molecule has 0 spiro atoms. The minimum Gasteiger partial charge on any atom is -0.478 e. The monoisotopic (exact) mass is 405 g/mol.